The molecule has 3 aromatic rings. The highest BCUT2D eigenvalue weighted by molar-refractivity contribution is 7.89. The first-order valence-electron chi connectivity index (χ1n) is 8.85. The van der Waals surface area contributed by atoms with Crippen LogP contribution in [0.5, 0.6) is 11.5 Å². The third-order valence-electron chi connectivity index (χ3n) is 4.21. The molecule has 0 spiro atoms. The topological polar surface area (TPSA) is 93.1 Å². The van der Waals surface area contributed by atoms with Crippen LogP contribution in [0.4, 0.5) is 5.13 Å². The molecule has 3 rings (SSSR count). The first-order valence-corrected chi connectivity index (χ1v) is 11.2. The largest absolute Gasteiger partial charge is 0.493 e. The molecular weight excluding hydrogens is 424 g/mol. The Bertz CT molecular complexity index is 1160. The molecule has 0 saturated carbocycles. The lowest BCUT2D eigenvalue weighted by atomic mass is 10.2. The number of ether oxygens (including phenoxy) is 2. The van der Waals surface area contributed by atoms with E-state index in [0.29, 0.717) is 27.9 Å². The number of methoxy groups -OCH3 is 2. The summed E-state index contributed by atoms with van der Waals surface area (Å²) in [6.45, 7) is 0. The number of thiazole rings is 1. The van der Waals surface area contributed by atoms with Crippen LogP contribution in [0.1, 0.15) is 5.56 Å². The number of benzene rings is 2. The van der Waals surface area contributed by atoms with Gasteiger partial charge in [-0.2, -0.15) is 5.10 Å². The third kappa shape index (κ3) is 4.61. The second-order valence-corrected chi connectivity index (χ2v) is 9.32. The first kappa shape index (κ1) is 21.8. The van der Waals surface area contributed by atoms with Gasteiger partial charge in [0.15, 0.2) is 11.5 Å². The molecule has 0 unspecified atom stereocenters. The van der Waals surface area contributed by atoms with E-state index < -0.39 is 10.0 Å². The van der Waals surface area contributed by atoms with Gasteiger partial charge in [-0.3, -0.25) is 5.43 Å². The van der Waals surface area contributed by atoms with Gasteiger partial charge in [-0.25, -0.2) is 17.7 Å². The maximum absolute atomic E-state index is 12.4. The van der Waals surface area contributed by atoms with Crippen molar-refractivity contribution in [3.8, 4) is 22.8 Å². The van der Waals surface area contributed by atoms with Gasteiger partial charge in [0.05, 0.1) is 31.0 Å². The molecule has 0 atom stereocenters. The van der Waals surface area contributed by atoms with E-state index in [2.05, 4.69) is 15.5 Å². The molecule has 2 aromatic carbocycles. The van der Waals surface area contributed by atoms with Gasteiger partial charge in [-0.15, -0.1) is 11.3 Å². The summed E-state index contributed by atoms with van der Waals surface area (Å²) < 4.78 is 36.5. The zero-order valence-corrected chi connectivity index (χ0v) is 18.6. The van der Waals surface area contributed by atoms with E-state index in [0.717, 1.165) is 5.56 Å². The van der Waals surface area contributed by atoms with Crippen molar-refractivity contribution in [2.45, 2.75) is 4.90 Å². The van der Waals surface area contributed by atoms with Crippen LogP contribution in [0.25, 0.3) is 11.3 Å². The molecular formula is C20H22N4O4S2. The summed E-state index contributed by atoms with van der Waals surface area (Å²) in [7, 11) is 2.64. The van der Waals surface area contributed by atoms with Crippen molar-refractivity contribution in [2.24, 2.45) is 5.10 Å². The van der Waals surface area contributed by atoms with Crippen LogP contribution < -0.4 is 14.9 Å². The Kier molecular flexibility index (Phi) is 6.70. The molecule has 10 heteroatoms. The SMILES string of the molecule is COc1cccc(C=NNc2nc(-c3cccc(S(=O)(=O)N(C)C)c3)cs2)c1OC. The zero-order valence-electron chi connectivity index (χ0n) is 17.0. The summed E-state index contributed by atoms with van der Waals surface area (Å²) in [5.41, 5.74) is 5.01. The monoisotopic (exact) mass is 446 g/mol. The Morgan fingerprint density at radius 1 is 1.13 bits per heavy atom. The molecule has 0 amide bonds. The van der Waals surface area contributed by atoms with Crippen molar-refractivity contribution in [2.75, 3.05) is 33.7 Å². The fraction of sp³-hybridized carbons (Fsp3) is 0.200. The Morgan fingerprint density at radius 3 is 2.60 bits per heavy atom. The number of hydrazone groups is 1. The Labute approximate surface area is 179 Å². The Hall–Kier alpha value is -2.95. The summed E-state index contributed by atoms with van der Waals surface area (Å²) in [6, 6.07) is 12.2. The van der Waals surface area contributed by atoms with Gasteiger partial charge in [-0.1, -0.05) is 18.2 Å². The Morgan fingerprint density at radius 2 is 1.90 bits per heavy atom. The standard InChI is InChI=1S/C20H22N4O4S2/c1-24(2)30(25,26)16-9-5-7-14(11-16)17-13-29-20(22-17)23-21-12-15-8-6-10-18(27-3)19(15)28-4/h5-13H,1-4H3,(H,22,23). The smallest absolute Gasteiger partial charge is 0.242 e. The predicted octanol–water partition coefficient (Wildman–Crippen LogP) is 3.52. The van der Waals surface area contributed by atoms with Crippen molar-refractivity contribution < 1.29 is 17.9 Å². The average Bonchev–Trinajstić information content (AvgIpc) is 3.22. The minimum atomic E-state index is -3.51. The minimum absolute atomic E-state index is 0.218. The molecule has 1 aromatic heterocycles. The number of rotatable bonds is 8. The van der Waals surface area contributed by atoms with E-state index in [1.54, 1.807) is 44.7 Å². The molecule has 0 bridgehead atoms. The first-order chi connectivity index (χ1) is 14.4. The number of hydrogen-bond donors (Lipinski definition) is 1. The quantitative estimate of drug-likeness (QED) is 0.420. The molecule has 0 aliphatic rings. The van der Waals surface area contributed by atoms with Crippen molar-refractivity contribution in [3.05, 3.63) is 53.4 Å². The molecule has 0 aliphatic carbocycles. The summed E-state index contributed by atoms with van der Waals surface area (Å²) in [5, 5.41) is 6.63. The summed E-state index contributed by atoms with van der Waals surface area (Å²) in [5.74, 6) is 1.20. The number of para-hydroxylation sites is 1. The fourth-order valence-corrected chi connectivity index (χ4v) is 4.27. The summed E-state index contributed by atoms with van der Waals surface area (Å²) in [4.78, 5) is 4.70. The lowest BCUT2D eigenvalue weighted by Crippen LogP contribution is -2.22. The molecule has 1 N–H and O–H groups in total. The van der Waals surface area contributed by atoms with Crippen molar-refractivity contribution in [1.29, 1.82) is 0 Å². The van der Waals surface area contributed by atoms with E-state index in [1.807, 2.05) is 23.6 Å². The lowest BCUT2D eigenvalue weighted by molar-refractivity contribution is 0.354. The van der Waals surface area contributed by atoms with E-state index >= 15 is 0 Å². The molecule has 0 radical (unpaired) electrons. The van der Waals surface area contributed by atoms with Gasteiger partial charge >= 0.3 is 0 Å². The van der Waals surface area contributed by atoms with Crippen LogP contribution in [0.2, 0.25) is 0 Å². The number of hydrogen-bond acceptors (Lipinski definition) is 8. The molecule has 0 fully saturated rings. The van der Waals surface area contributed by atoms with Crippen LogP contribution in [0, 0.1) is 0 Å². The number of anilines is 1. The highest BCUT2D eigenvalue weighted by atomic mass is 32.2. The van der Waals surface area contributed by atoms with E-state index in [-0.39, 0.29) is 4.90 Å². The fourth-order valence-electron chi connectivity index (χ4n) is 2.66. The van der Waals surface area contributed by atoms with Crippen LogP contribution >= 0.6 is 11.3 Å². The van der Waals surface area contributed by atoms with E-state index in [4.69, 9.17) is 9.47 Å². The molecule has 158 valence electrons. The average molecular weight is 447 g/mol. The van der Waals surface area contributed by atoms with Crippen molar-refractivity contribution in [3.63, 3.8) is 0 Å². The Balaban J connectivity index is 1.78. The number of sulfonamides is 1. The van der Waals surface area contributed by atoms with Gasteiger partial charge in [0.2, 0.25) is 15.2 Å². The van der Waals surface area contributed by atoms with Crippen LogP contribution in [0.3, 0.4) is 0 Å². The molecule has 30 heavy (non-hydrogen) atoms. The van der Waals surface area contributed by atoms with Gasteiger partial charge < -0.3 is 9.47 Å². The number of nitrogens with zero attached hydrogens (tertiary/aromatic N) is 3. The predicted molar refractivity (Wildman–Crippen MR) is 119 cm³/mol. The molecule has 1 heterocycles. The number of aromatic nitrogens is 1. The molecule has 8 nitrogen and oxygen atoms in total. The minimum Gasteiger partial charge on any atom is -0.493 e. The normalized spacial score (nSPS) is 11.8. The third-order valence-corrected chi connectivity index (χ3v) is 6.77. The van der Waals surface area contributed by atoms with Crippen LogP contribution in [0.15, 0.2) is 57.8 Å². The second-order valence-electron chi connectivity index (χ2n) is 6.31. The van der Waals surface area contributed by atoms with Gasteiger partial charge in [0.25, 0.3) is 0 Å². The number of nitrogens with one attached hydrogen (secondary N) is 1. The zero-order chi connectivity index (χ0) is 21.7. The maximum Gasteiger partial charge on any atom is 0.242 e. The second kappa shape index (κ2) is 9.24. The van der Waals surface area contributed by atoms with Gasteiger partial charge in [0.1, 0.15) is 0 Å². The van der Waals surface area contributed by atoms with Crippen molar-refractivity contribution >= 4 is 32.7 Å². The molecule has 0 saturated heterocycles. The highest BCUT2D eigenvalue weighted by Crippen LogP contribution is 2.30. The summed E-state index contributed by atoms with van der Waals surface area (Å²) >= 11 is 1.37. The van der Waals surface area contributed by atoms with Crippen molar-refractivity contribution in [1.82, 2.24) is 9.29 Å². The van der Waals surface area contributed by atoms with Crippen LogP contribution in [-0.2, 0) is 10.0 Å². The van der Waals surface area contributed by atoms with Gasteiger partial charge in [0, 0.05) is 30.6 Å². The molecule has 0 aliphatic heterocycles. The maximum atomic E-state index is 12.4. The van der Waals surface area contributed by atoms with E-state index in [9.17, 15) is 8.42 Å². The van der Waals surface area contributed by atoms with Crippen LogP contribution in [-0.4, -0.2) is 52.2 Å². The van der Waals surface area contributed by atoms with Gasteiger partial charge in [-0.05, 0) is 24.3 Å². The van der Waals surface area contributed by atoms with E-state index in [1.165, 1.54) is 29.7 Å². The summed E-state index contributed by atoms with van der Waals surface area (Å²) in [6.07, 6.45) is 1.62. The lowest BCUT2D eigenvalue weighted by Gasteiger charge is -2.11. The highest BCUT2D eigenvalue weighted by Gasteiger charge is 2.18.